The normalized spacial score (nSPS) is 23.4. The Morgan fingerprint density at radius 1 is 1.59 bits per heavy atom. The van der Waals surface area contributed by atoms with Crippen molar-refractivity contribution >= 4 is 11.8 Å². The Bertz CT molecular complexity index is 466. The summed E-state index contributed by atoms with van der Waals surface area (Å²) >= 11 is 0. The lowest BCUT2D eigenvalue weighted by Gasteiger charge is -2.21. The topological polar surface area (TPSA) is 97.5 Å². The molecule has 0 saturated carbocycles. The van der Waals surface area contributed by atoms with Crippen molar-refractivity contribution in [1.29, 1.82) is 5.26 Å². The number of carboxylic acids is 1. The zero-order valence-corrected chi connectivity index (χ0v) is 8.95. The maximum absolute atomic E-state index is 11.0. The summed E-state index contributed by atoms with van der Waals surface area (Å²) in [5.41, 5.74) is 0.417. The van der Waals surface area contributed by atoms with Gasteiger partial charge in [0.25, 0.3) is 0 Å². The molecule has 1 saturated heterocycles. The molecule has 2 heterocycles. The zero-order valence-electron chi connectivity index (χ0n) is 8.95. The predicted octanol–water partition coefficient (Wildman–Crippen LogP) is -0.0225. The molecule has 17 heavy (non-hydrogen) atoms. The summed E-state index contributed by atoms with van der Waals surface area (Å²) in [4.78, 5) is 16.6. The molecular weight excluding hydrogens is 222 g/mol. The molecule has 0 radical (unpaired) electrons. The molecule has 1 aromatic rings. The van der Waals surface area contributed by atoms with Crippen molar-refractivity contribution in [2.45, 2.75) is 18.6 Å². The van der Waals surface area contributed by atoms with Crippen LogP contribution in [0.2, 0.25) is 0 Å². The lowest BCUT2D eigenvalue weighted by atomic mass is 10.2. The third kappa shape index (κ3) is 2.19. The van der Waals surface area contributed by atoms with Gasteiger partial charge in [0.05, 0.1) is 11.7 Å². The highest BCUT2D eigenvalue weighted by atomic mass is 16.4. The van der Waals surface area contributed by atoms with Crippen molar-refractivity contribution < 1.29 is 15.0 Å². The molecule has 0 spiro atoms. The van der Waals surface area contributed by atoms with Gasteiger partial charge in [0.2, 0.25) is 0 Å². The molecule has 6 heteroatoms. The molecule has 88 valence electrons. The van der Waals surface area contributed by atoms with E-state index < -0.39 is 18.1 Å². The van der Waals surface area contributed by atoms with Crippen LogP contribution in [-0.4, -0.2) is 39.9 Å². The number of rotatable bonds is 2. The number of anilines is 1. The number of aliphatic carboxylic acids is 1. The summed E-state index contributed by atoms with van der Waals surface area (Å²) in [6, 6.07) is 4.35. The Kier molecular flexibility index (Phi) is 2.93. The smallest absolute Gasteiger partial charge is 0.326 e. The van der Waals surface area contributed by atoms with Gasteiger partial charge in [-0.15, -0.1) is 0 Å². The first kappa shape index (κ1) is 11.4. The van der Waals surface area contributed by atoms with Crippen LogP contribution in [0.4, 0.5) is 5.82 Å². The number of nitriles is 1. The Labute approximate surface area is 97.7 Å². The molecule has 2 N–H and O–H groups in total. The predicted molar refractivity (Wildman–Crippen MR) is 58.3 cm³/mol. The Balaban J connectivity index is 2.26. The molecule has 1 aromatic heterocycles. The van der Waals surface area contributed by atoms with Crippen molar-refractivity contribution in [2.24, 2.45) is 0 Å². The molecule has 6 nitrogen and oxygen atoms in total. The number of β-amino-alcohol motifs (C(OH)–C–C–N with tert-alkyl or cyclic N) is 1. The molecule has 1 aliphatic rings. The second kappa shape index (κ2) is 4.39. The van der Waals surface area contributed by atoms with Gasteiger partial charge >= 0.3 is 5.97 Å². The molecule has 2 rings (SSSR count). The quantitative estimate of drug-likeness (QED) is 0.744. The minimum Gasteiger partial charge on any atom is -0.480 e. The summed E-state index contributed by atoms with van der Waals surface area (Å²) < 4.78 is 0. The number of aliphatic hydroxyl groups excluding tert-OH is 1. The fraction of sp³-hybridized carbons (Fsp3) is 0.364. The van der Waals surface area contributed by atoms with E-state index in [1.54, 1.807) is 12.1 Å². The van der Waals surface area contributed by atoms with E-state index in [4.69, 9.17) is 10.4 Å². The number of nitrogens with zero attached hydrogens (tertiary/aromatic N) is 3. The highest BCUT2D eigenvalue weighted by Gasteiger charge is 2.36. The van der Waals surface area contributed by atoms with Crippen molar-refractivity contribution in [3.63, 3.8) is 0 Å². The van der Waals surface area contributed by atoms with E-state index >= 15 is 0 Å². The molecule has 1 fully saturated rings. The van der Waals surface area contributed by atoms with Gasteiger partial charge in [0, 0.05) is 19.2 Å². The van der Waals surface area contributed by atoms with Gasteiger partial charge in [-0.1, -0.05) is 0 Å². The van der Waals surface area contributed by atoms with E-state index in [1.165, 1.54) is 11.1 Å². The largest absolute Gasteiger partial charge is 0.480 e. The van der Waals surface area contributed by atoms with Crippen molar-refractivity contribution in [1.82, 2.24) is 4.98 Å². The van der Waals surface area contributed by atoms with Gasteiger partial charge in [-0.05, 0) is 12.1 Å². The Morgan fingerprint density at radius 2 is 2.35 bits per heavy atom. The van der Waals surface area contributed by atoms with Gasteiger partial charge in [0.15, 0.2) is 0 Å². The Hall–Kier alpha value is -2.13. The van der Waals surface area contributed by atoms with Crippen LogP contribution in [0, 0.1) is 11.3 Å². The van der Waals surface area contributed by atoms with E-state index in [-0.39, 0.29) is 13.0 Å². The Morgan fingerprint density at radius 3 is 2.88 bits per heavy atom. The van der Waals surface area contributed by atoms with Crippen molar-refractivity contribution in [3.8, 4) is 6.07 Å². The second-order valence-corrected chi connectivity index (χ2v) is 3.91. The zero-order chi connectivity index (χ0) is 12.4. The average Bonchev–Trinajstić information content (AvgIpc) is 2.72. The van der Waals surface area contributed by atoms with Gasteiger partial charge in [-0.2, -0.15) is 5.26 Å². The summed E-state index contributed by atoms with van der Waals surface area (Å²) in [5, 5.41) is 27.2. The van der Waals surface area contributed by atoms with Gasteiger partial charge < -0.3 is 15.1 Å². The summed E-state index contributed by atoms with van der Waals surface area (Å²) in [5.74, 6) is -0.513. The number of pyridine rings is 1. The number of hydrogen-bond acceptors (Lipinski definition) is 5. The number of hydrogen-bond donors (Lipinski definition) is 2. The van der Waals surface area contributed by atoms with E-state index in [0.29, 0.717) is 11.4 Å². The van der Waals surface area contributed by atoms with Gasteiger partial charge in [-0.25, -0.2) is 9.78 Å². The number of aliphatic hydroxyl groups is 1. The van der Waals surface area contributed by atoms with E-state index in [2.05, 4.69) is 4.98 Å². The second-order valence-electron chi connectivity index (χ2n) is 3.91. The van der Waals surface area contributed by atoms with Crippen LogP contribution in [-0.2, 0) is 4.79 Å². The molecule has 0 aromatic carbocycles. The third-order valence-electron chi connectivity index (χ3n) is 2.74. The first-order valence-electron chi connectivity index (χ1n) is 5.15. The monoisotopic (exact) mass is 233 g/mol. The first-order chi connectivity index (χ1) is 8.11. The van der Waals surface area contributed by atoms with Crippen LogP contribution in [0.1, 0.15) is 12.0 Å². The van der Waals surface area contributed by atoms with Crippen LogP contribution in [0.25, 0.3) is 0 Å². The highest BCUT2D eigenvalue weighted by Crippen LogP contribution is 2.24. The van der Waals surface area contributed by atoms with Crippen molar-refractivity contribution in [2.75, 3.05) is 11.4 Å². The molecule has 1 aliphatic heterocycles. The van der Waals surface area contributed by atoms with Gasteiger partial charge in [-0.3, -0.25) is 0 Å². The molecule has 2 unspecified atom stereocenters. The summed E-state index contributed by atoms with van der Waals surface area (Å²) in [7, 11) is 0. The first-order valence-corrected chi connectivity index (χ1v) is 5.15. The molecule has 0 bridgehead atoms. The summed E-state index contributed by atoms with van der Waals surface area (Å²) in [6.45, 7) is 0.246. The van der Waals surface area contributed by atoms with Gasteiger partial charge in [0.1, 0.15) is 17.9 Å². The third-order valence-corrected chi connectivity index (χ3v) is 2.74. The fourth-order valence-electron chi connectivity index (χ4n) is 1.92. The average molecular weight is 233 g/mol. The van der Waals surface area contributed by atoms with E-state index in [0.717, 1.165) is 0 Å². The maximum Gasteiger partial charge on any atom is 0.326 e. The van der Waals surface area contributed by atoms with E-state index in [9.17, 15) is 9.90 Å². The van der Waals surface area contributed by atoms with Crippen LogP contribution >= 0.6 is 0 Å². The standard InChI is InChI=1S/C11H11N3O3/c12-4-7-1-2-10(13-5-7)14-6-8(15)3-9(14)11(16)17/h1-2,5,8-9,15H,3,6H2,(H,16,17). The maximum atomic E-state index is 11.0. The van der Waals surface area contributed by atoms with Crippen LogP contribution < -0.4 is 4.90 Å². The minimum atomic E-state index is -0.979. The number of carbonyl (C=O) groups is 1. The molecular formula is C11H11N3O3. The molecule has 0 amide bonds. The lowest BCUT2D eigenvalue weighted by Crippen LogP contribution is -2.36. The van der Waals surface area contributed by atoms with Crippen molar-refractivity contribution in [3.05, 3.63) is 23.9 Å². The minimum absolute atomic E-state index is 0.191. The number of aromatic nitrogens is 1. The fourth-order valence-corrected chi connectivity index (χ4v) is 1.92. The van der Waals surface area contributed by atoms with Crippen LogP contribution in [0.5, 0.6) is 0 Å². The summed E-state index contributed by atoms with van der Waals surface area (Å²) in [6.07, 6.45) is 0.921. The SMILES string of the molecule is N#Cc1ccc(N2CC(O)CC2C(=O)O)nc1. The number of carboxylic acid groups (broad SMARTS) is 1. The van der Waals surface area contributed by atoms with Crippen LogP contribution in [0.15, 0.2) is 18.3 Å². The molecule has 2 atom stereocenters. The lowest BCUT2D eigenvalue weighted by molar-refractivity contribution is -0.138. The van der Waals surface area contributed by atoms with Crippen LogP contribution in [0.3, 0.4) is 0 Å². The van der Waals surface area contributed by atoms with E-state index in [1.807, 2.05) is 6.07 Å². The molecule has 0 aliphatic carbocycles. The highest BCUT2D eigenvalue weighted by molar-refractivity contribution is 5.78.